The van der Waals surface area contributed by atoms with Crippen LogP contribution in [-0.4, -0.2) is 50.7 Å². The molecule has 1 N–H and O–H groups in total. The zero-order valence-corrected chi connectivity index (χ0v) is 16.6. The summed E-state index contributed by atoms with van der Waals surface area (Å²) >= 11 is 0. The Bertz CT molecular complexity index is 539. The highest BCUT2D eigenvalue weighted by molar-refractivity contribution is 5.50. The summed E-state index contributed by atoms with van der Waals surface area (Å²) in [7, 11) is 1.64. The summed E-state index contributed by atoms with van der Waals surface area (Å²) < 4.78 is 17.3. The molecule has 5 heteroatoms. The third-order valence-corrected chi connectivity index (χ3v) is 6.09. The van der Waals surface area contributed by atoms with Gasteiger partial charge in [-0.3, -0.25) is 0 Å². The summed E-state index contributed by atoms with van der Waals surface area (Å²) in [4.78, 5) is 11.0. The molecule has 2 rings (SSSR count). The van der Waals surface area contributed by atoms with Crippen molar-refractivity contribution in [1.82, 2.24) is 0 Å². The van der Waals surface area contributed by atoms with Crippen LogP contribution in [0.4, 0.5) is 0 Å². The van der Waals surface area contributed by atoms with E-state index in [1.165, 1.54) is 16.7 Å². The van der Waals surface area contributed by atoms with Crippen molar-refractivity contribution < 1.29 is 24.1 Å². The van der Waals surface area contributed by atoms with Crippen LogP contribution in [0.1, 0.15) is 52.9 Å². The van der Waals surface area contributed by atoms with Crippen LogP contribution >= 0.6 is 0 Å². The number of carbonyl (C=O) groups is 1. The van der Waals surface area contributed by atoms with E-state index in [1.54, 1.807) is 7.11 Å². The third kappa shape index (κ3) is 4.63. The molecule has 1 heterocycles. The highest BCUT2D eigenvalue weighted by Gasteiger charge is 2.47. The maximum Gasteiger partial charge on any atom is 0.147 e. The number of rotatable bonds is 10. The number of methoxy groups -OCH3 is 1. The van der Waals surface area contributed by atoms with Crippen LogP contribution in [0.5, 0.6) is 0 Å². The summed E-state index contributed by atoms with van der Waals surface area (Å²) in [5.41, 5.74) is 3.70. The van der Waals surface area contributed by atoms with E-state index in [-0.39, 0.29) is 31.0 Å². The molecule has 148 valence electrons. The summed E-state index contributed by atoms with van der Waals surface area (Å²) in [6.07, 6.45) is 7.01. The second-order valence-electron chi connectivity index (χ2n) is 7.83. The SMILES string of the molecule is COCO[C@H]1C[C@@H](C)[C@@](C)(CCC=O)C2=C1[C@@H](/C=C(\C)CCCO)OC2. The van der Waals surface area contributed by atoms with E-state index < -0.39 is 0 Å². The van der Waals surface area contributed by atoms with Gasteiger partial charge in [0.15, 0.2) is 0 Å². The van der Waals surface area contributed by atoms with E-state index in [0.29, 0.717) is 18.9 Å². The second kappa shape index (κ2) is 9.79. The lowest BCUT2D eigenvalue weighted by Crippen LogP contribution is -2.40. The molecule has 0 unspecified atom stereocenters. The van der Waals surface area contributed by atoms with Crippen LogP contribution in [0.25, 0.3) is 0 Å². The summed E-state index contributed by atoms with van der Waals surface area (Å²) in [5.74, 6) is 0.407. The van der Waals surface area contributed by atoms with Gasteiger partial charge in [0.1, 0.15) is 19.2 Å². The van der Waals surface area contributed by atoms with Crippen LogP contribution in [0, 0.1) is 11.3 Å². The fourth-order valence-corrected chi connectivity index (χ4v) is 4.30. The zero-order chi connectivity index (χ0) is 19.2. The number of allylic oxidation sites excluding steroid dienone is 1. The number of aliphatic hydroxyl groups excluding tert-OH is 1. The van der Waals surface area contributed by atoms with Crippen molar-refractivity contribution in [1.29, 1.82) is 0 Å². The third-order valence-electron chi connectivity index (χ3n) is 6.09. The molecule has 2 aliphatic rings. The van der Waals surface area contributed by atoms with Gasteiger partial charge in [-0.15, -0.1) is 0 Å². The smallest absolute Gasteiger partial charge is 0.147 e. The van der Waals surface area contributed by atoms with Gasteiger partial charge in [-0.2, -0.15) is 0 Å². The number of aldehydes is 1. The molecule has 0 amide bonds. The van der Waals surface area contributed by atoms with Crippen LogP contribution < -0.4 is 0 Å². The first-order chi connectivity index (χ1) is 12.5. The fourth-order valence-electron chi connectivity index (χ4n) is 4.30. The summed E-state index contributed by atoms with van der Waals surface area (Å²) in [5, 5.41) is 9.05. The highest BCUT2D eigenvalue weighted by atomic mass is 16.7. The predicted molar refractivity (Wildman–Crippen MR) is 101 cm³/mol. The predicted octanol–water partition coefficient (Wildman–Crippen LogP) is 3.41. The molecule has 4 atom stereocenters. The van der Waals surface area contributed by atoms with Crippen molar-refractivity contribution in [3.05, 3.63) is 22.8 Å². The summed E-state index contributed by atoms with van der Waals surface area (Å²) in [6.45, 7) is 7.64. The Hall–Kier alpha value is -1.01. The van der Waals surface area contributed by atoms with E-state index in [2.05, 4.69) is 26.8 Å². The van der Waals surface area contributed by atoms with E-state index >= 15 is 0 Å². The molecule has 0 aromatic carbocycles. The minimum absolute atomic E-state index is 0.0151. The second-order valence-corrected chi connectivity index (χ2v) is 7.83. The lowest BCUT2D eigenvalue weighted by molar-refractivity contribution is -0.108. The van der Waals surface area contributed by atoms with Gasteiger partial charge in [0.05, 0.1) is 12.7 Å². The molecular weight excluding hydrogens is 332 g/mol. The van der Waals surface area contributed by atoms with Crippen molar-refractivity contribution in [3.63, 3.8) is 0 Å². The van der Waals surface area contributed by atoms with Crippen molar-refractivity contribution in [3.8, 4) is 0 Å². The van der Waals surface area contributed by atoms with Crippen LogP contribution in [0.2, 0.25) is 0 Å². The molecule has 0 saturated carbocycles. The van der Waals surface area contributed by atoms with Gasteiger partial charge in [0.2, 0.25) is 0 Å². The highest BCUT2D eigenvalue weighted by Crippen LogP contribution is 2.52. The first-order valence-corrected chi connectivity index (χ1v) is 9.65. The quantitative estimate of drug-likeness (QED) is 0.365. The average molecular weight is 366 g/mol. The summed E-state index contributed by atoms with van der Waals surface area (Å²) in [6, 6.07) is 0. The first kappa shape index (κ1) is 21.3. The van der Waals surface area contributed by atoms with Crippen molar-refractivity contribution in [2.45, 2.75) is 65.1 Å². The Morgan fingerprint density at radius 3 is 2.88 bits per heavy atom. The molecule has 0 aromatic rings. The molecule has 0 fully saturated rings. The van der Waals surface area contributed by atoms with Gasteiger partial charge in [0, 0.05) is 20.1 Å². The zero-order valence-electron chi connectivity index (χ0n) is 16.6. The minimum atomic E-state index is -0.0893. The molecule has 0 saturated heterocycles. The Morgan fingerprint density at radius 2 is 2.23 bits per heavy atom. The van der Waals surface area contributed by atoms with Crippen molar-refractivity contribution >= 4 is 6.29 Å². The number of carbonyl (C=O) groups excluding carboxylic acids is 1. The maximum atomic E-state index is 11.0. The molecular formula is C21H34O5. The Balaban J connectivity index is 2.34. The minimum Gasteiger partial charge on any atom is -0.396 e. The van der Waals surface area contributed by atoms with Gasteiger partial charge in [-0.25, -0.2) is 0 Å². The monoisotopic (exact) mass is 366 g/mol. The van der Waals surface area contributed by atoms with Gasteiger partial charge in [-0.1, -0.05) is 25.5 Å². The number of hydrogen-bond donors (Lipinski definition) is 1. The Labute approximate surface area is 157 Å². The normalized spacial score (nSPS) is 32.0. The Kier molecular flexibility index (Phi) is 8.02. The van der Waals surface area contributed by atoms with Gasteiger partial charge in [0.25, 0.3) is 0 Å². The van der Waals surface area contributed by atoms with Crippen LogP contribution in [0.3, 0.4) is 0 Å². The van der Waals surface area contributed by atoms with Crippen LogP contribution in [-0.2, 0) is 19.0 Å². The van der Waals surface area contributed by atoms with Gasteiger partial charge in [-0.05, 0) is 55.1 Å². The topological polar surface area (TPSA) is 65.0 Å². The maximum absolute atomic E-state index is 11.0. The van der Waals surface area contributed by atoms with E-state index in [0.717, 1.165) is 32.0 Å². The molecule has 26 heavy (non-hydrogen) atoms. The number of ether oxygens (including phenoxy) is 3. The average Bonchev–Trinajstić information content (AvgIpc) is 3.05. The lowest BCUT2D eigenvalue weighted by Gasteiger charge is -2.44. The molecule has 0 spiro atoms. The fraction of sp³-hybridized carbons (Fsp3) is 0.762. The van der Waals surface area contributed by atoms with Gasteiger partial charge >= 0.3 is 0 Å². The molecule has 1 aliphatic carbocycles. The Morgan fingerprint density at radius 1 is 1.46 bits per heavy atom. The van der Waals surface area contributed by atoms with E-state index in [4.69, 9.17) is 19.3 Å². The van der Waals surface area contributed by atoms with E-state index in [9.17, 15) is 4.79 Å². The van der Waals surface area contributed by atoms with Crippen molar-refractivity contribution in [2.24, 2.45) is 11.3 Å². The molecule has 1 aliphatic heterocycles. The number of hydrogen-bond acceptors (Lipinski definition) is 5. The molecule has 5 nitrogen and oxygen atoms in total. The standard InChI is InChI=1S/C21H34O5/c1-15(7-5-9-22)11-18-20-17(13-25-18)21(3,8-6-10-23)16(2)12-19(20)26-14-24-4/h10-11,16,18-19,22H,5-9,12-14H2,1-4H3/b15-11+/t16-,18-,19+,21-/m1/s1. The molecule has 0 aromatic heterocycles. The van der Waals surface area contributed by atoms with Crippen LogP contribution in [0.15, 0.2) is 22.8 Å². The van der Waals surface area contributed by atoms with Crippen molar-refractivity contribution in [2.75, 3.05) is 27.1 Å². The molecule has 0 bridgehead atoms. The first-order valence-electron chi connectivity index (χ1n) is 9.65. The van der Waals surface area contributed by atoms with Gasteiger partial charge < -0.3 is 24.1 Å². The molecule has 0 radical (unpaired) electrons. The number of aliphatic hydroxyl groups is 1. The largest absolute Gasteiger partial charge is 0.396 e. The lowest BCUT2D eigenvalue weighted by atomic mass is 9.62. The van der Waals surface area contributed by atoms with E-state index in [1.807, 2.05) is 0 Å².